The molecule has 2 aliphatic rings. The topological polar surface area (TPSA) is 51.2 Å². The van der Waals surface area contributed by atoms with Crippen molar-refractivity contribution in [2.24, 2.45) is 4.99 Å². The second kappa shape index (κ2) is 9.92. The molecule has 0 saturated carbocycles. The molecule has 0 aliphatic carbocycles. The Bertz CT molecular complexity index is 675. The number of rotatable bonds is 5. The van der Waals surface area contributed by atoms with Crippen LogP contribution in [0, 0.1) is 6.92 Å². The fourth-order valence-corrected chi connectivity index (χ4v) is 4.05. The number of nitrogens with one attached hydrogen (secondary N) is 1. The molecule has 0 radical (unpaired) electrons. The Morgan fingerprint density at radius 2 is 1.75 bits per heavy atom. The zero-order chi connectivity index (χ0) is 19.9. The molecule has 28 heavy (non-hydrogen) atoms. The Kier molecular flexibility index (Phi) is 7.31. The first kappa shape index (κ1) is 20.6. The Morgan fingerprint density at radius 3 is 2.39 bits per heavy atom. The molecule has 2 heterocycles. The molecule has 154 valence electrons. The molecule has 1 unspecified atom stereocenters. The van der Waals surface area contributed by atoms with Gasteiger partial charge in [0.15, 0.2) is 5.96 Å². The number of piperazine rings is 1. The van der Waals surface area contributed by atoms with Gasteiger partial charge in [-0.05, 0) is 44.7 Å². The van der Waals surface area contributed by atoms with E-state index in [1.165, 1.54) is 11.1 Å². The first-order valence-corrected chi connectivity index (χ1v) is 10.7. The predicted molar refractivity (Wildman–Crippen MR) is 114 cm³/mol. The fourth-order valence-electron chi connectivity index (χ4n) is 4.05. The Morgan fingerprint density at radius 1 is 1.07 bits per heavy atom. The highest BCUT2D eigenvalue weighted by atomic mass is 16.2. The largest absolute Gasteiger partial charge is 0.357 e. The molecule has 1 N–H and O–H groups in total. The number of hydrogen-bond acceptors (Lipinski definition) is 3. The summed E-state index contributed by atoms with van der Waals surface area (Å²) in [7, 11) is 0. The van der Waals surface area contributed by atoms with Crippen molar-refractivity contribution in [3.05, 3.63) is 35.4 Å². The number of benzene rings is 1. The summed E-state index contributed by atoms with van der Waals surface area (Å²) in [5.74, 6) is 1.27. The van der Waals surface area contributed by atoms with Crippen LogP contribution < -0.4 is 5.32 Å². The second-order valence-electron chi connectivity index (χ2n) is 7.83. The van der Waals surface area contributed by atoms with E-state index in [1.807, 2.05) is 4.90 Å². The molecule has 0 spiro atoms. The van der Waals surface area contributed by atoms with Crippen LogP contribution in [0.1, 0.15) is 37.8 Å². The minimum Gasteiger partial charge on any atom is -0.357 e. The lowest BCUT2D eigenvalue weighted by Crippen LogP contribution is -2.57. The van der Waals surface area contributed by atoms with Gasteiger partial charge < -0.3 is 15.1 Å². The van der Waals surface area contributed by atoms with Crippen molar-refractivity contribution in [3.8, 4) is 0 Å². The summed E-state index contributed by atoms with van der Waals surface area (Å²) in [6.07, 6.45) is 2.30. The van der Waals surface area contributed by atoms with Gasteiger partial charge in [0.2, 0.25) is 5.91 Å². The van der Waals surface area contributed by atoms with Gasteiger partial charge in [0.1, 0.15) is 0 Å². The fraction of sp³-hybridized carbons (Fsp3) is 0.636. The quantitative estimate of drug-likeness (QED) is 0.623. The van der Waals surface area contributed by atoms with Gasteiger partial charge in [0.25, 0.3) is 0 Å². The normalized spacial score (nSPS) is 19.8. The highest BCUT2D eigenvalue weighted by Gasteiger charge is 2.30. The number of guanidine groups is 1. The lowest BCUT2D eigenvalue weighted by atomic mass is 10.1. The van der Waals surface area contributed by atoms with Crippen LogP contribution in [0.5, 0.6) is 0 Å². The van der Waals surface area contributed by atoms with E-state index in [0.29, 0.717) is 12.5 Å². The van der Waals surface area contributed by atoms with E-state index < -0.39 is 0 Å². The van der Waals surface area contributed by atoms with E-state index in [2.05, 4.69) is 60.2 Å². The molecule has 0 bridgehead atoms. The molecule has 6 nitrogen and oxygen atoms in total. The third-order valence-electron chi connectivity index (χ3n) is 5.93. The van der Waals surface area contributed by atoms with Crippen molar-refractivity contribution in [1.82, 2.24) is 20.0 Å². The molecule has 0 aromatic heterocycles. The van der Waals surface area contributed by atoms with Crippen molar-refractivity contribution < 1.29 is 4.79 Å². The molecule has 2 fully saturated rings. The van der Waals surface area contributed by atoms with Crippen LogP contribution in [0.3, 0.4) is 0 Å². The van der Waals surface area contributed by atoms with Crippen LogP contribution in [0.4, 0.5) is 0 Å². The predicted octanol–water partition coefficient (Wildman–Crippen LogP) is 2.09. The number of likely N-dealkylation sites (tertiary alicyclic amines) is 1. The van der Waals surface area contributed by atoms with E-state index in [9.17, 15) is 4.79 Å². The molecule has 6 heteroatoms. The SMILES string of the molecule is CCNC(=NCc1ccccc1C)N1CCN(C(C)C(=O)N2CCCC2)CC1. The molecule has 1 atom stereocenters. The molecule has 1 amide bonds. The number of hydrogen-bond donors (Lipinski definition) is 1. The van der Waals surface area contributed by atoms with Crippen molar-refractivity contribution >= 4 is 11.9 Å². The number of aryl methyl sites for hydroxylation is 1. The van der Waals surface area contributed by atoms with Crippen LogP contribution >= 0.6 is 0 Å². The highest BCUT2D eigenvalue weighted by molar-refractivity contribution is 5.82. The Labute approximate surface area is 169 Å². The van der Waals surface area contributed by atoms with Gasteiger partial charge in [-0.2, -0.15) is 0 Å². The first-order chi connectivity index (χ1) is 13.6. The lowest BCUT2D eigenvalue weighted by Gasteiger charge is -2.39. The van der Waals surface area contributed by atoms with Crippen molar-refractivity contribution in [1.29, 1.82) is 0 Å². The summed E-state index contributed by atoms with van der Waals surface area (Å²) in [6, 6.07) is 8.40. The van der Waals surface area contributed by atoms with Crippen molar-refractivity contribution in [2.45, 2.75) is 46.2 Å². The number of carbonyl (C=O) groups is 1. The highest BCUT2D eigenvalue weighted by Crippen LogP contribution is 2.14. The monoisotopic (exact) mass is 385 g/mol. The van der Waals surface area contributed by atoms with Crippen LogP contribution in [0.25, 0.3) is 0 Å². The number of carbonyl (C=O) groups excluding carboxylic acids is 1. The zero-order valence-electron chi connectivity index (χ0n) is 17.7. The van der Waals surface area contributed by atoms with Gasteiger partial charge >= 0.3 is 0 Å². The smallest absolute Gasteiger partial charge is 0.239 e. The van der Waals surface area contributed by atoms with Gasteiger partial charge in [-0.1, -0.05) is 24.3 Å². The van der Waals surface area contributed by atoms with Crippen LogP contribution in [0.15, 0.2) is 29.3 Å². The molecule has 2 saturated heterocycles. The third kappa shape index (κ3) is 5.04. The van der Waals surface area contributed by atoms with Gasteiger partial charge in [-0.15, -0.1) is 0 Å². The molecule has 1 aromatic rings. The van der Waals surface area contributed by atoms with Crippen LogP contribution in [-0.4, -0.2) is 78.4 Å². The maximum atomic E-state index is 12.7. The molecule has 2 aliphatic heterocycles. The average molecular weight is 386 g/mol. The Hall–Kier alpha value is -2.08. The maximum Gasteiger partial charge on any atom is 0.239 e. The minimum atomic E-state index is -0.0215. The summed E-state index contributed by atoms with van der Waals surface area (Å²) in [4.78, 5) is 24.2. The molecular formula is C22H35N5O. The summed E-state index contributed by atoms with van der Waals surface area (Å²) < 4.78 is 0. The Balaban J connectivity index is 1.57. The van der Waals surface area contributed by atoms with Crippen LogP contribution in [0.2, 0.25) is 0 Å². The summed E-state index contributed by atoms with van der Waals surface area (Å²) in [5.41, 5.74) is 2.54. The van der Waals surface area contributed by atoms with E-state index in [1.54, 1.807) is 0 Å². The van der Waals surface area contributed by atoms with Crippen molar-refractivity contribution in [2.75, 3.05) is 45.8 Å². The van der Waals surface area contributed by atoms with Crippen molar-refractivity contribution in [3.63, 3.8) is 0 Å². The standard InChI is InChI=1S/C22H35N5O/c1-4-23-22(24-17-20-10-6-5-9-18(20)2)27-15-13-25(14-16-27)19(3)21(28)26-11-7-8-12-26/h5-6,9-10,19H,4,7-8,11-17H2,1-3H3,(H,23,24). The molecular weight excluding hydrogens is 350 g/mol. The van der Waals surface area contributed by atoms with E-state index in [0.717, 1.165) is 64.6 Å². The third-order valence-corrected chi connectivity index (χ3v) is 5.93. The van der Waals surface area contributed by atoms with Gasteiger partial charge in [0.05, 0.1) is 12.6 Å². The molecule has 1 aromatic carbocycles. The van der Waals surface area contributed by atoms with Crippen LogP contribution in [-0.2, 0) is 11.3 Å². The number of amides is 1. The summed E-state index contributed by atoms with van der Waals surface area (Å²) in [5, 5.41) is 3.44. The first-order valence-electron chi connectivity index (χ1n) is 10.7. The minimum absolute atomic E-state index is 0.0215. The average Bonchev–Trinajstić information content (AvgIpc) is 3.26. The van der Waals surface area contributed by atoms with Gasteiger partial charge in [-0.3, -0.25) is 9.69 Å². The molecule has 3 rings (SSSR count). The second-order valence-corrected chi connectivity index (χ2v) is 7.83. The summed E-state index contributed by atoms with van der Waals surface area (Å²) >= 11 is 0. The lowest BCUT2D eigenvalue weighted by molar-refractivity contribution is -0.135. The summed E-state index contributed by atoms with van der Waals surface area (Å²) in [6.45, 7) is 13.3. The van der Waals surface area contributed by atoms with Gasteiger partial charge in [0, 0.05) is 45.8 Å². The number of aliphatic imine (C=N–C) groups is 1. The van der Waals surface area contributed by atoms with E-state index in [-0.39, 0.29) is 6.04 Å². The van der Waals surface area contributed by atoms with E-state index in [4.69, 9.17) is 4.99 Å². The number of nitrogens with zero attached hydrogens (tertiary/aromatic N) is 4. The zero-order valence-corrected chi connectivity index (χ0v) is 17.7. The van der Waals surface area contributed by atoms with E-state index >= 15 is 0 Å². The maximum absolute atomic E-state index is 12.7. The van der Waals surface area contributed by atoms with Gasteiger partial charge in [-0.25, -0.2) is 4.99 Å².